The van der Waals surface area contributed by atoms with Gasteiger partial charge in [-0.15, -0.1) is 0 Å². The van der Waals surface area contributed by atoms with Crippen LogP contribution >= 0.6 is 0 Å². The number of ether oxygens (including phenoxy) is 1. The SMILES string of the molecule is O=C(NCCN1CCCCC1)C1CNCC2C(=O)OC(c3cccc(F)c3)(c3cccc(F)c3)N12. The number of hydrogen-bond acceptors (Lipinski definition) is 6. The number of likely N-dealkylation sites (tertiary alicyclic amines) is 1. The number of halogens is 2. The van der Waals surface area contributed by atoms with Gasteiger partial charge in [0.1, 0.15) is 23.7 Å². The van der Waals surface area contributed by atoms with Crippen LogP contribution in [0, 0.1) is 11.6 Å². The quantitative estimate of drug-likeness (QED) is 0.611. The van der Waals surface area contributed by atoms with Crippen molar-refractivity contribution in [3.8, 4) is 0 Å². The number of nitrogens with zero attached hydrogens (tertiary/aromatic N) is 2. The van der Waals surface area contributed by atoms with Gasteiger partial charge in [-0.05, 0) is 50.2 Å². The lowest BCUT2D eigenvalue weighted by molar-refractivity contribution is -0.153. The van der Waals surface area contributed by atoms with E-state index in [-0.39, 0.29) is 19.0 Å². The molecule has 186 valence electrons. The number of carbonyl (C=O) groups is 2. The Kier molecular flexibility index (Phi) is 6.82. The monoisotopic (exact) mass is 484 g/mol. The van der Waals surface area contributed by atoms with E-state index in [1.807, 2.05) is 0 Å². The number of piperidine rings is 1. The number of carbonyl (C=O) groups excluding carboxylic acids is 2. The van der Waals surface area contributed by atoms with Gasteiger partial charge in [0, 0.05) is 37.3 Å². The first-order valence-electron chi connectivity index (χ1n) is 12.2. The van der Waals surface area contributed by atoms with Crippen LogP contribution in [0.2, 0.25) is 0 Å². The smallest absolute Gasteiger partial charge is 0.327 e. The Morgan fingerprint density at radius 2 is 1.69 bits per heavy atom. The summed E-state index contributed by atoms with van der Waals surface area (Å²) in [5.74, 6) is -1.84. The van der Waals surface area contributed by atoms with Crippen molar-refractivity contribution in [2.24, 2.45) is 0 Å². The van der Waals surface area contributed by atoms with Crippen LogP contribution in [-0.4, -0.2) is 73.0 Å². The van der Waals surface area contributed by atoms with Crippen molar-refractivity contribution in [3.05, 3.63) is 71.3 Å². The van der Waals surface area contributed by atoms with Gasteiger partial charge < -0.3 is 20.3 Å². The number of rotatable bonds is 6. The summed E-state index contributed by atoms with van der Waals surface area (Å²) in [6.45, 7) is 3.83. The molecule has 0 aliphatic carbocycles. The number of fused-ring (bicyclic) bond motifs is 1. The van der Waals surface area contributed by atoms with Gasteiger partial charge in [-0.3, -0.25) is 9.59 Å². The van der Waals surface area contributed by atoms with Gasteiger partial charge in [-0.2, -0.15) is 0 Å². The van der Waals surface area contributed by atoms with Crippen molar-refractivity contribution < 1.29 is 23.1 Å². The molecule has 0 bridgehead atoms. The number of hydrogen-bond donors (Lipinski definition) is 2. The molecule has 3 aliphatic heterocycles. The van der Waals surface area contributed by atoms with Gasteiger partial charge in [0.25, 0.3) is 0 Å². The maximum Gasteiger partial charge on any atom is 0.327 e. The molecule has 2 N–H and O–H groups in total. The van der Waals surface area contributed by atoms with Crippen LogP contribution in [0.25, 0.3) is 0 Å². The molecular weight excluding hydrogens is 454 g/mol. The van der Waals surface area contributed by atoms with Crippen LogP contribution < -0.4 is 10.6 Å². The fraction of sp³-hybridized carbons (Fsp3) is 0.462. The minimum Gasteiger partial charge on any atom is -0.434 e. The molecule has 3 saturated heterocycles. The van der Waals surface area contributed by atoms with Crippen LogP contribution in [0.3, 0.4) is 0 Å². The Hall–Kier alpha value is -2.88. The highest BCUT2D eigenvalue weighted by Gasteiger charge is 2.60. The first kappa shape index (κ1) is 23.8. The molecule has 0 spiro atoms. The van der Waals surface area contributed by atoms with E-state index in [1.54, 1.807) is 17.0 Å². The summed E-state index contributed by atoms with van der Waals surface area (Å²) in [5, 5.41) is 6.17. The van der Waals surface area contributed by atoms with Crippen molar-refractivity contribution >= 4 is 11.9 Å². The molecule has 0 saturated carbocycles. The molecule has 2 atom stereocenters. The predicted molar refractivity (Wildman–Crippen MR) is 125 cm³/mol. The van der Waals surface area contributed by atoms with Gasteiger partial charge in [-0.1, -0.05) is 30.7 Å². The zero-order chi connectivity index (χ0) is 24.4. The zero-order valence-corrected chi connectivity index (χ0v) is 19.5. The summed E-state index contributed by atoms with van der Waals surface area (Å²) >= 11 is 0. The lowest BCUT2D eigenvalue weighted by Crippen LogP contribution is -2.66. The summed E-state index contributed by atoms with van der Waals surface area (Å²) in [6, 6.07) is 9.86. The molecule has 2 aromatic rings. The van der Waals surface area contributed by atoms with E-state index in [4.69, 9.17) is 4.74 Å². The molecule has 7 nitrogen and oxygen atoms in total. The molecule has 3 heterocycles. The first-order chi connectivity index (χ1) is 17.0. The number of cyclic esters (lactones) is 1. The second kappa shape index (κ2) is 10.0. The van der Waals surface area contributed by atoms with E-state index >= 15 is 0 Å². The first-order valence-corrected chi connectivity index (χ1v) is 12.2. The van der Waals surface area contributed by atoms with E-state index in [1.165, 1.54) is 55.7 Å². The van der Waals surface area contributed by atoms with Gasteiger partial charge in [0.2, 0.25) is 11.6 Å². The third kappa shape index (κ3) is 4.55. The Balaban J connectivity index is 1.49. The van der Waals surface area contributed by atoms with Gasteiger partial charge in [0.05, 0.1) is 0 Å². The lowest BCUT2D eigenvalue weighted by atomic mass is 9.89. The summed E-state index contributed by atoms with van der Waals surface area (Å²) in [7, 11) is 0. The van der Waals surface area contributed by atoms with Crippen molar-refractivity contribution in [2.75, 3.05) is 39.3 Å². The maximum absolute atomic E-state index is 14.4. The average molecular weight is 485 g/mol. The Labute approximate surface area is 203 Å². The van der Waals surface area contributed by atoms with Gasteiger partial charge in [0.15, 0.2) is 0 Å². The van der Waals surface area contributed by atoms with Gasteiger partial charge in [-0.25, -0.2) is 13.7 Å². The number of esters is 1. The molecule has 1 amide bonds. The summed E-state index contributed by atoms with van der Waals surface area (Å²) in [5.41, 5.74) is -0.984. The molecular formula is C26H30F2N4O3. The molecule has 3 aliphatic rings. The number of amides is 1. The van der Waals surface area contributed by atoms with E-state index in [0.29, 0.717) is 17.7 Å². The Morgan fingerprint density at radius 1 is 1.03 bits per heavy atom. The number of benzene rings is 2. The average Bonchev–Trinajstić information content (AvgIpc) is 3.18. The maximum atomic E-state index is 14.4. The minimum absolute atomic E-state index is 0.255. The summed E-state index contributed by atoms with van der Waals surface area (Å²) in [4.78, 5) is 30.6. The third-order valence-electron chi connectivity index (χ3n) is 7.14. The van der Waals surface area contributed by atoms with Gasteiger partial charge >= 0.3 is 5.97 Å². The zero-order valence-electron chi connectivity index (χ0n) is 19.5. The van der Waals surface area contributed by atoms with E-state index in [9.17, 15) is 18.4 Å². The second-order valence-corrected chi connectivity index (χ2v) is 9.38. The predicted octanol–water partition coefficient (Wildman–Crippen LogP) is 1.97. The molecule has 3 fully saturated rings. The highest BCUT2D eigenvalue weighted by molar-refractivity contribution is 5.86. The highest BCUT2D eigenvalue weighted by atomic mass is 19.1. The van der Waals surface area contributed by atoms with Crippen LogP contribution in [-0.2, 0) is 20.1 Å². The lowest BCUT2D eigenvalue weighted by Gasteiger charge is -2.44. The fourth-order valence-electron chi connectivity index (χ4n) is 5.51. The molecule has 2 unspecified atom stereocenters. The summed E-state index contributed by atoms with van der Waals surface area (Å²) < 4.78 is 34.7. The molecule has 0 radical (unpaired) electrons. The molecule has 9 heteroatoms. The van der Waals surface area contributed by atoms with E-state index < -0.39 is 35.4 Å². The summed E-state index contributed by atoms with van der Waals surface area (Å²) in [6.07, 6.45) is 3.57. The van der Waals surface area contributed by atoms with Crippen LogP contribution in [0.4, 0.5) is 8.78 Å². The standard InChI is InChI=1S/C26H30F2N4O3/c27-20-8-4-6-18(14-20)26(19-7-5-9-21(28)15-19)32-22(16-29-17-23(32)25(34)35-26)24(33)30-10-13-31-11-2-1-3-12-31/h4-9,14-15,22-23,29H,1-3,10-13,16-17H2,(H,30,33). The number of nitrogens with one attached hydrogen (secondary N) is 2. The van der Waals surface area contributed by atoms with Crippen molar-refractivity contribution in [1.82, 2.24) is 20.4 Å². The van der Waals surface area contributed by atoms with Crippen LogP contribution in [0.5, 0.6) is 0 Å². The molecule has 2 aromatic carbocycles. The number of piperazine rings is 1. The Morgan fingerprint density at radius 3 is 2.31 bits per heavy atom. The van der Waals surface area contributed by atoms with E-state index in [2.05, 4.69) is 15.5 Å². The highest BCUT2D eigenvalue weighted by Crippen LogP contribution is 2.46. The molecule has 5 rings (SSSR count). The van der Waals surface area contributed by atoms with Crippen molar-refractivity contribution in [1.29, 1.82) is 0 Å². The third-order valence-corrected chi connectivity index (χ3v) is 7.14. The molecule has 0 aromatic heterocycles. The second-order valence-electron chi connectivity index (χ2n) is 9.38. The van der Waals surface area contributed by atoms with Crippen molar-refractivity contribution in [2.45, 2.75) is 37.1 Å². The van der Waals surface area contributed by atoms with Crippen LogP contribution in [0.15, 0.2) is 48.5 Å². The topological polar surface area (TPSA) is 73.9 Å². The van der Waals surface area contributed by atoms with Crippen molar-refractivity contribution in [3.63, 3.8) is 0 Å². The Bertz CT molecular complexity index is 1050. The fourth-order valence-corrected chi connectivity index (χ4v) is 5.51. The largest absolute Gasteiger partial charge is 0.434 e. The molecule has 35 heavy (non-hydrogen) atoms. The van der Waals surface area contributed by atoms with Crippen LogP contribution in [0.1, 0.15) is 30.4 Å². The van der Waals surface area contributed by atoms with E-state index in [0.717, 1.165) is 19.6 Å². The minimum atomic E-state index is -1.64. The normalized spacial score (nSPS) is 24.6.